The monoisotopic (exact) mass is 310 g/mol. The number of rotatable bonds is 7. The minimum absolute atomic E-state index is 0.0844. The number of ketones is 1. The highest BCUT2D eigenvalue weighted by atomic mass is 32.2. The number of carbonyl (C=O) groups excluding carboxylic acids is 2. The van der Waals surface area contributed by atoms with Crippen LogP contribution < -0.4 is 0 Å². The van der Waals surface area contributed by atoms with Gasteiger partial charge in [-0.2, -0.15) is 0 Å². The molecular weight excluding hydrogens is 292 g/mol. The van der Waals surface area contributed by atoms with Crippen LogP contribution in [0.4, 0.5) is 0 Å². The molecule has 0 radical (unpaired) electrons. The molecule has 0 aliphatic carbocycles. The third-order valence-electron chi connectivity index (χ3n) is 2.93. The van der Waals surface area contributed by atoms with Gasteiger partial charge in [0.25, 0.3) is 0 Å². The normalized spacial score (nSPS) is 12.5. The minimum atomic E-state index is -3.77. The molecule has 0 aliphatic rings. The lowest BCUT2D eigenvalue weighted by Gasteiger charge is -2.14. The number of hydrogen-bond donors (Lipinski definition) is 0. The Bertz CT molecular complexity index is 631. The average Bonchev–Trinajstić information content (AvgIpc) is 2.45. The molecule has 5 nitrogen and oxygen atoms in total. The van der Waals surface area contributed by atoms with Crippen LogP contribution in [-0.2, 0) is 24.2 Å². The maximum absolute atomic E-state index is 12.3. The van der Waals surface area contributed by atoms with Crippen LogP contribution in [-0.4, -0.2) is 26.8 Å². The molecule has 1 rings (SSSR count). The molecular formula is C15H18O5S. The first kappa shape index (κ1) is 17.1. The number of ether oxygens (including phenoxy) is 1. The van der Waals surface area contributed by atoms with Gasteiger partial charge in [-0.1, -0.05) is 24.8 Å². The lowest BCUT2D eigenvalue weighted by Crippen LogP contribution is -2.26. The Morgan fingerprint density at radius 2 is 1.81 bits per heavy atom. The van der Waals surface area contributed by atoms with Gasteiger partial charge in [-0.25, -0.2) is 8.42 Å². The summed E-state index contributed by atoms with van der Waals surface area (Å²) in [5.74, 6) is -2.32. The first-order chi connectivity index (χ1) is 9.80. The zero-order valence-corrected chi connectivity index (χ0v) is 12.9. The molecule has 6 heteroatoms. The summed E-state index contributed by atoms with van der Waals surface area (Å²) in [6, 6.07) is 7.75. The predicted octanol–water partition coefficient (Wildman–Crippen LogP) is 2.13. The van der Waals surface area contributed by atoms with Crippen LogP contribution in [0.5, 0.6) is 0 Å². The standard InChI is InChI=1S/C15H18O5S/c1-4-20-15(17)14(12(3)16)10-11(2)21(18,19)13-8-6-5-7-9-13/h5-9,14H,2,4,10H2,1,3H3. The van der Waals surface area contributed by atoms with Gasteiger partial charge in [0.2, 0.25) is 9.84 Å². The van der Waals surface area contributed by atoms with E-state index in [4.69, 9.17) is 4.74 Å². The van der Waals surface area contributed by atoms with Crippen molar-refractivity contribution in [3.63, 3.8) is 0 Å². The van der Waals surface area contributed by atoms with Gasteiger partial charge in [-0.05, 0) is 26.0 Å². The van der Waals surface area contributed by atoms with Gasteiger partial charge < -0.3 is 4.74 Å². The second-order valence-corrected chi connectivity index (χ2v) is 6.53. The van der Waals surface area contributed by atoms with Crippen molar-refractivity contribution in [2.45, 2.75) is 25.2 Å². The summed E-state index contributed by atoms with van der Waals surface area (Å²) in [7, 11) is -3.77. The number of carbonyl (C=O) groups is 2. The Morgan fingerprint density at radius 3 is 2.29 bits per heavy atom. The van der Waals surface area contributed by atoms with Gasteiger partial charge >= 0.3 is 5.97 Å². The van der Waals surface area contributed by atoms with Gasteiger partial charge in [0, 0.05) is 11.3 Å². The van der Waals surface area contributed by atoms with Crippen LogP contribution in [0, 0.1) is 5.92 Å². The van der Waals surface area contributed by atoms with Crippen LogP contribution in [0.2, 0.25) is 0 Å². The highest BCUT2D eigenvalue weighted by Gasteiger charge is 2.30. The summed E-state index contributed by atoms with van der Waals surface area (Å²) in [6.45, 7) is 6.49. The number of allylic oxidation sites excluding steroid dienone is 1. The molecule has 0 spiro atoms. The molecule has 0 N–H and O–H groups in total. The minimum Gasteiger partial charge on any atom is -0.465 e. The topological polar surface area (TPSA) is 77.5 Å². The first-order valence-corrected chi connectivity index (χ1v) is 7.94. The number of benzene rings is 1. The van der Waals surface area contributed by atoms with Gasteiger partial charge in [0.1, 0.15) is 11.7 Å². The SMILES string of the molecule is C=C(CC(C(C)=O)C(=O)OCC)S(=O)(=O)c1ccccc1. The number of hydrogen-bond acceptors (Lipinski definition) is 5. The molecule has 0 heterocycles. The van der Waals surface area contributed by atoms with Crippen LogP contribution in [0.15, 0.2) is 46.7 Å². The van der Waals surface area contributed by atoms with Crippen molar-refractivity contribution >= 4 is 21.6 Å². The molecule has 1 atom stereocenters. The summed E-state index contributed by atoms with van der Waals surface area (Å²) in [5, 5.41) is 0. The van der Waals surface area contributed by atoms with Crippen molar-refractivity contribution in [2.24, 2.45) is 5.92 Å². The van der Waals surface area contributed by atoms with Crippen molar-refractivity contribution in [3.05, 3.63) is 41.8 Å². The fraction of sp³-hybridized carbons (Fsp3) is 0.333. The number of sulfone groups is 1. The highest BCUT2D eigenvalue weighted by Crippen LogP contribution is 2.24. The summed E-state index contributed by atoms with van der Waals surface area (Å²) in [4.78, 5) is 23.1. The van der Waals surface area contributed by atoms with E-state index >= 15 is 0 Å². The molecule has 1 aromatic carbocycles. The molecule has 1 unspecified atom stereocenters. The quantitative estimate of drug-likeness (QED) is 0.569. The van der Waals surface area contributed by atoms with E-state index in [1.807, 2.05) is 0 Å². The molecule has 0 amide bonds. The van der Waals surface area contributed by atoms with E-state index in [0.29, 0.717) is 0 Å². The molecule has 0 fully saturated rings. The Morgan fingerprint density at radius 1 is 1.24 bits per heavy atom. The van der Waals surface area contributed by atoms with Crippen molar-refractivity contribution in [2.75, 3.05) is 6.61 Å². The zero-order chi connectivity index (χ0) is 16.0. The fourth-order valence-electron chi connectivity index (χ4n) is 1.74. The summed E-state index contributed by atoms with van der Waals surface area (Å²) in [5.41, 5.74) is 0. The van der Waals surface area contributed by atoms with Gasteiger partial charge in [0.05, 0.1) is 11.5 Å². The predicted molar refractivity (Wildman–Crippen MR) is 78.2 cm³/mol. The molecule has 0 saturated carbocycles. The van der Waals surface area contributed by atoms with E-state index in [0.717, 1.165) is 0 Å². The van der Waals surface area contributed by atoms with Crippen molar-refractivity contribution in [3.8, 4) is 0 Å². The van der Waals surface area contributed by atoms with E-state index in [-0.39, 0.29) is 22.8 Å². The molecule has 1 aromatic rings. The van der Waals surface area contributed by atoms with Crippen molar-refractivity contribution in [1.82, 2.24) is 0 Å². The Balaban J connectivity index is 2.97. The maximum atomic E-state index is 12.3. The fourth-order valence-corrected chi connectivity index (χ4v) is 2.97. The second kappa shape index (κ2) is 7.17. The molecule has 0 saturated heterocycles. The summed E-state index contributed by atoms with van der Waals surface area (Å²) < 4.78 is 29.4. The molecule has 0 aromatic heterocycles. The van der Waals surface area contributed by atoms with Crippen molar-refractivity contribution in [1.29, 1.82) is 0 Å². The Labute approximate surface area is 124 Å². The van der Waals surface area contributed by atoms with Crippen LogP contribution >= 0.6 is 0 Å². The molecule has 0 aliphatic heterocycles. The van der Waals surface area contributed by atoms with Crippen LogP contribution in [0.3, 0.4) is 0 Å². The lowest BCUT2D eigenvalue weighted by molar-refractivity contribution is -0.150. The summed E-state index contributed by atoms with van der Waals surface area (Å²) >= 11 is 0. The largest absolute Gasteiger partial charge is 0.465 e. The first-order valence-electron chi connectivity index (χ1n) is 6.45. The lowest BCUT2D eigenvalue weighted by atomic mass is 10.0. The Kier molecular flexibility index (Phi) is 5.84. The zero-order valence-electron chi connectivity index (χ0n) is 12.0. The van der Waals surface area contributed by atoms with E-state index in [2.05, 4.69) is 6.58 Å². The smallest absolute Gasteiger partial charge is 0.316 e. The third kappa shape index (κ3) is 4.26. The number of esters is 1. The molecule has 114 valence electrons. The highest BCUT2D eigenvalue weighted by molar-refractivity contribution is 7.95. The van der Waals surface area contributed by atoms with E-state index in [9.17, 15) is 18.0 Å². The van der Waals surface area contributed by atoms with E-state index in [1.165, 1.54) is 19.1 Å². The number of Topliss-reactive ketones (excluding diaryl/α,β-unsaturated/α-hetero) is 1. The third-order valence-corrected chi connectivity index (χ3v) is 4.75. The van der Waals surface area contributed by atoms with Gasteiger partial charge in [-0.3, -0.25) is 9.59 Å². The molecule has 0 bridgehead atoms. The second-order valence-electron chi connectivity index (χ2n) is 4.47. The van der Waals surface area contributed by atoms with Crippen molar-refractivity contribution < 1.29 is 22.7 Å². The van der Waals surface area contributed by atoms with E-state index in [1.54, 1.807) is 25.1 Å². The Hall–Kier alpha value is -1.95. The maximum Gasteiger partial charge on any atom is 0.316 e. The van der Waals surface area contributed by atoms with Gasteiger partial charge in [-0.15, -0.1) is 0 Å². The molecule has 21 heavy (non-hydrogen) atoms. The van der Waals surface area contributed by atoms with Crippen LogP contribution in [0.1, 0.15) is 20.3 Å². The van der Waals surface area contributed by atoms with Crippen LogP contribution in [0.25, 0.3) is 0 Å². The summed E-state index contributed by atoms with van der Waals surface area (Å²) in [6.07, 6.45) is -0.272. The van der Waals surface area contributed by atoms with E-state index < -0.39 is 27.5 Å². The van der Waals surface area contributed by atoms with Gasteiger partial charge in [0.15, 0.2) is 0 Å². The average molecular weight is 310 g/mol.